The lowest BCUT2D eigenvalue weighted by Crippen LogP contribution is -1.64. The van der Waals surface area contributed by atoms with Crippen LogP contribution in [-0.2, 0) is 5.33 Å². The molecule has 0 radical (unpaired) electrons. The lowest BCUT2D eigenvalue weighted by Gasteiger charge is -1.81. The van der Waals surface area contributed by atoms with Crippen LogP contribution >= 0.6 is 27.3 Å². The zero-order valence-electron chi connectivity index (χ0n) is 5.75. The molecule has 2 rings (SSSR count). The number of nitrogens with zero attached hydrogens (tertiary/aromatic N) is 1. The first-order valence-electron chi connectivity index (χ1n) is 3.28. The molecule has 0 unspecified atom stereocenters. The number of thiophene rings is 1. The van der Waals surface area contributed by atoms with Crippen molar-refractivity contribution < 1.29 is 0 Å². The van der Waals surface area contributed by atoms with E-state index in [1.54, 1.807) is 11.3 Å². The Hall–Kier alpha value is -0.410. The molecular weight excluding hydrogens is 222 g/mol. The lowest BCUT2D eigenvalue weighted by molar-refractivity contribution is 1.37. The molecular formula is C8H6BrNS. The molecule has 0 amide bonds. The summed E-state index contributed by atoms with van der Waals surface area (Å²) >= 11 is 5.21. The molecule has 3 heteroatoms. The Bertz CT molecular complexity index is 336. The first kappa shape index (κ1) is 7.25. The predicted molar refractivity (Wildman–Crippen MR) is 52.3 cm³/mol. The van der Waals surface area contributed by atoms with Gasteiger partial charge < -0.3 is 0 Å². The summed E-state index contributed by atoms with van der Waals surface area (Å²) in [6.07, 6.45) is 3.74. The Balaban J connectivity index is 2.69. The maximum Gasteiger partial charge on any atom is 0.0529 e. The Labute approximate surface area is 77.2 Å². The van der Waals surface area contributed by atoms with Crippen LogP contribution in [-0.4, -0.2) is 4.98 Å². The van der Waals surface area contributed by atoms with E-state index in [4.69, 9.17) is 0 Å². The third kappa shape index (κ3) is 1.30. The van der Waals surface area contributed by atoms with Gasteiger partial charge in [0.1, 0.15) is 0 Å². The number of aromatic nitrogens is 1. The normalized spacial score (nSPS) is 10.6. The van der Waals surface area contributed by atoms with Crippen LogP contribution in [0, 0.1) is 0 Å². The molecule has 11 heavy (non-hydrogen) atoms. The van der Waals surface area contributed by atoms with E-state index in [0.29, 0.717) is 0 Å². The summed E-state index contributed by atoms with van der Waals surface area (Å²) in [6, 6.07) is 4.23. The Morgan fingerprint density at radius 3 is 3.18 bits per heavy atom. The molecule has 0 aliphatic carbocycles. The van der Waals surface area contributed by atoms with Gasteiger partial charge in [0.25, 0.3) is 0 Å². The zero-order chi connectivity index (χ0) is 7.68. The van der Waals surface area contributed by atoms with Gasteiger partial charge in [-0.15, -0.1) is 11.3 Å². The van der Waals surface area contributed by atoms with Gasteiger partial charge in [0.05, 0.1) is 4.70 Å². The maximum absolute atomic E-state index is 4.06. The van der Waals surface area contributed by atoms with Crippen molar-refractivity contribution in [3.8, 4) is 0 Å². The third-order valence-corrected chi connectivity index (χ3v) is 3.57. The van der Waals surface area contributed by atoms with Gasteiger partial charge in [0.2, 0.25) is 0 Å². The van der Waals surface area contributed by atoms with E-state index >= 15 is 0 Å². The van der Waals surface area contributed by atoms with E-state index in [2.05, 4.69) is 27.0 Å². The van der Waals surface area contributed by atoms with Crippen LogP contribution in [0.3, 0.4) is 0 Å². The van der Waals surface area contributed by atoms with Crippen molar-refractivity contribution in [3.05, 3.63) is 29.4 Å². The molecule has 0 fully saturated rings. The molecule has 2 aromatic rings. The quantitative estimate of drug-likeness (QED) is 0.683. The molecule has 0 N–H and O–H groups in total. The highest BCUT2D eigenvalue weighted by Crippen LogP contribution is 2.25. The number of hydrogen-bond acceptors (Lipinski definition) is 2. The van der Waals surface area contributed by atoms with E-state index in [9.17, 15) is 0 Å². The highest BCUT2D eigenvalue weighted by Gasteiger charge is 1.98. The van der Waals surface area contributed by atoms with E-state index in [1.165, 1.54) is 15.0 Å². The number of pyridine rings is 1. The standard InChI is InChI=1S/C8H6BrNS/c9-4-7-3-6-1-2-10-5-8(6)11-7/h1-3,5H,4H2. The zero-order valence-corrected chi connectivity index (χ0v) is 8.15. The second kappa shape index (κ2) is 2.91. The van der Waals surface area contributed by atoms with Crippen LogP contribution in [0.15, 0.2) is 24.5 Å². The monoisotopic (exact) mass is 227 g/mol. The minimum absolute atomic E-state index is 0.937. The van der Waals surface area contributed by atoms with Gasteiger partial charge in [-0.05, 0) is 17.5 Å². The summed E-state index contributed by atoms with van der Waals surface area (Å²) < 4.78 is 1.27. The minimum Gasteiger partial charge on any atom is -0.263 e. The van der Waals surface area contributed by atoms with E-state index in [0.717, 1.165) is 5.33 Å². The third-order valence-electron chi connectivity index (χ3n) is 1.51. The van der Waals surface area contributed by atoms with Gasteiger partial charge in [-0.3, -0.25) is 4.98 Å². The van der Waals surface area contributed by atoms with Crippen LogP contribution in [0.5, 0.6) is 0 Å². The van der Waals surface area contributed by atoms with Gasteiger partial charge in [0.15, 0.2) is 0 Å². The molecule has 0 spiro atoms. The highest BCUT2D eigenvalue weighted by molar-refractivity contribution is 9.08. The molecule has 0 bridgehead atoms. The fourth-order valence-electron chi connectivity index (χ4n) is 1.01. The number of hydrogen-bond donors (Lipinski definition) is 0. The summed E-state index contributed by atoms with van der Waals surface area (Å²) in [5.41, 5.74) is 0. The molecule has 0 aliphatic rings. The topological polar surface area (TPSA) is 12.9 Å². The Morgan fingerprint density at radius 1 is 1.55 bits per heavy atom. The molecule has 56 valence electrons. The van der Waals surface area contributed by atoms with Crippen molar-refractivity contribution in [1.29, 1.82) is 0 Å². The molecule has 2 aromatic heterocycles. The average Bonchev–Trinajstić information content (AvgIpc) is 2.46. The summed E-state index contributed by atoms with van der Waals surface area (Å²) in [7, 11) is 0. The molecule has 2 heterocycles. The maximum atomic E-state index is 4.06. The largest absolute Gasteiger partial charge is 0.263 e. The number of halogens is 1. The summed E-state index contributed by atoms with van der Waals surface area (Å²) in [6.45, 7) is 0. The van der Waals surface area contributed by atoms with Crippen molar-refractivity contribution in [2.75, 3.05) is 0 Å². The molecule has 0 aliphatic heterocycles. The van der Waals surface area contributed by atoms with Crippen molar-refractivity contribution in [2.24, 2.45) is 0 Å². The summed E-state index contributed by atoms with van der Waals surface area (Å²) in [4.78, 5) is 5.41. The second-order valence-electron chi connectivity index (χ2n) is 2.26. The average molecular weight is 228 g/mol. The first-order chi connectivity index (χ1) is 5.40. The van der Waals surface area contributed by atoms with Crippen LogP contribution < -0.4 is 0 Å². The Kier molecular flexibility index (Phi) is 1.92. The van der Waals surface area contributed by atoms with Gasteiger partial charge >= 0.3 is 0 Å². The summed E-state index contributed by atoms with van der Waals surface area (Å²) in [5, 5.41) is 2.23. The summed E-state index contributed by atoms with van der Waals surface area (Å²) in [5.74, 6) is 0. The molecule has 0 saturated heterocycles. The first-order valence-corrected chi connectivity index (χ1v) is 5.22. The number of rotatable bonds is 1. The number of alkyl halides is 1. The van der Waals surface area contributed by atoms with Gasteiger partial charge in [0, 0.05) is 22.6 Å². The number of fused-ring (bicyclic) bond motifs is 1. The SMILES string of the molecule is BrCc1cc2ccncc2s1. The van der Waals surface area contributed by atoms with Crippen LogP contribution in [0.2, 0.25) is 0 Å². The smallest absolute Gasteiger partial charge is 0.0529 e. The van der Waals surface area contributed by atoms with Crippen LogP contribution in [0.25, 0.3) is 10.1 Å². The molecule has 0 atom stereocenters. The fraction of sp³-hybridized carbons (Fsp3) is 0.125. The van der Waals surface area contributed by atoms with Crippen LogP contribution in [0.4, 0.5) is 0 Å². The minimum atomic E-state index is 0.937. The predicted octanol–water partition coefficient (Wildman–Crippen LogP) is 3.19. The van der Waals surface area contributed by atoms with Crippen molar-refractivity contribution in [3.63, 3.8) is 0 Å². The highest BCUT2D eigenvalue weighted by atomic mass is 79.9. The van der Waals surface area contributed by atoms with Crippen molar-refractivity contribution in [1.82, 2.24) is 4.98 Å². The van der Waals surface area contributed by atoms with Gasteiger partial charge in [-0.25, -0.2) is 0 Å². The van der Waals surface area contributed by atoms with E-state index in [1.807, 2.05) is 18.5 Å². The Morgan fingerprint density at radius 2 is 2.45 bits per heavy atom. The van der Waals surface area contributed by atoms with E-state index < -0.39 is 0 Å². The molecule has 0 aromatic carbocycles. The molecule has 0 saturated carbocycles. The van der Waals surface area contributed by atoms with Crippen molar-refractivity contribution in [2.45, 2.75) is 5.33 Å². The van der Waals surface area contributed by atoms with Crippen molar-refractivity contribution >= 4 is 37.4 Å². The van der Waals surface area contributed by atoms with Crippen LogP contribution in [0.1, 0.15) is 4.88 Å². The van der Waals surface area contributed by atoms with Gasteiger partial charge in [-0.2, -0.15) is 0 Å². The second-order valence-corrected chi connectivity index (χ2v) is 3.99. The lowest BCUT2D eigenvalue weighted by atomic mass is 10.3. The van der Waals surface area contributed by atoms with E-state index in [-0.39, 0.29) is 0 Å². The fourth-order valence-corrected chi connectivity index (χ4v) is 2.39. The molecule has 1 nitrogen and oxygen atoms in total. The van der Waals surface area contributed by atoms with Gasteiger partial charge in [-0.1, -0.05) is 15.9 Å².